The molecule has 4 aromatic rings. The highest BCUT2D eigenvalue weighted by atomic mass is 33.1. The van der Waals surface area contributed by atoms with Crippen LogP contribution in [0.4, 0.5) is 14.4 Å². The molecule has 2 heterocycles. The molecule has 0 spiro atoms. The number of carbonyl (C=O) groups excluding carboxylic acids is 9. The number of fused-ring (bicyclic) bond motifs is 1. The molecule has 5 rings (SSSR count). The number of aliphatic carboxylic acids is 1. The molecule has 1 saturated heterocycles. The van der Waals surface area contributed by atoms with Crippen LogP contribution in [0.1, 0.15) is 133 Å². The molecule has 1 aromatic heterocycles. The van der Waals surface area contributed by atoms with Gasteiger partial charge in [0.05, 0.1) is 18.2 Å². The number of unbranched alkanes of at least 4 members (excludes halogenated alkanes) is 1. The Labute approximate surface area is 564 Å². The topological polar surface area (TPSA) is 338 Å². The minimum absolute atomic E-state index is 0.0449. The second-order valence-corrected chi connectivity index (χ2v) is 29.8. The maximum Gasteiger partial charge on any atom is 0.419 e. The molecule has 1 aliphatic rings. The van der Waals surface area contributed by atoms with Gasteiger partial charge in [0.1, 0.15) is 64.8 Å². The van der Waals surface area contributed by atoms with Gasteiger partial charge in [-0.2, -0.15) is 0 Å². The van der Waals surface area contributed by atoms with E-state index >= 15 is 14.4 Å². The largest absolute Gasteiger partial charge is 0.493 e. The fourth-order valence-corrected chi connectivity index (χ4v) is 11.8. The van der Waals surface area contributed by atoms with Crippen molar-refractivity contribution in [3.8, 4) is 5.75 Å². The molecule has 25 nitrogen and oxygen atoms in total. The van der Waals surface area contributed by atoms with Crippen LogP contribution in [-0.4, -0.2) is 166 Å². The predicted octanol–water partition coefficient (Wildman–Crippen LogP) is 7.53. The van der Waals surface area contributed by atoms with Crippen molar-refractivity contribution in [2.75, 3.05) is 31.3 Å². The average molecular weight is 1360 g/mol. The Balaban J connectivity index is 1.70. The Morgan fingerprint density at radius 2 is 1.18 bits per heavy atom. The maximum atomic E-state index is 15.5. The molecule has 9 N–H and O–H groups in total. The summed E-state index contributed by atoms with van der Waals surface area (Å²) in [4.78, 5) is 143. The van der Waals surface area contributed by atoms with E-state index in [4.69, 9.17) is 23.7 Å². The van der Waals surface area contributed by atoms with E-state index in [1.165, 1.54) is 17.7 Å². The van der Waals surface area contributed by atoms with Gasteiger partial charge in [-0.05, 0) is 135 Å². The SMILES string of the molecule is CC(C)COc1ccc(C[C@@H]2NC(=O)[C@@H](NC(=O)[C@@H](Cc3ccccc3)NC(=O)OC(C)(C)C)CSSC[C@@H](C(=O)O)NC(=O)[C@H]([C@@H](C)OCC(C)C)NC(=O)[C@H](CCCCNC(=O)OC(C)(C)C)NC(=O)[C@@H](Cc3cn(C(=O)OC(C)(C)C)c4ccccc34)NC2=O)cc1. The first-order valence-corrected chi connectivity index (χ1v) is 34.5. The lowest BCUT2D eigenvalue weighted by molar-refractivity contribution is -0.143. The van der Waals surface area contributed by atoms with Crippen molar-refractivity contribution in [1.29, 1.82) is 0 Å². The summed E-state index contributed by atoms with van der Waals surface area (Å²) in [5, 5.41) is 32.9. The molecule has 95 heavy (non-hydrogen) atoms. The zero-order valence-electron chi connectivity index (χ0n) is 57.0. The lowest BCUT2D eigenvalue weighted by Gasteiger charge is -2.30. The van der Waals surface area contributed by atoms with Gasteiger partial charge in [0, 0.05) is 55.5 Å². The summed E-state index contributed by atoms with van der Waals surface area (Å²) in [6, 6.07) is 11.7. The van der Waals surface area contributed by atoms with Crippen molar-refractivity contribution in [1.82, 2.24) is 47.1 Å². The Morgan fingerprint density at radius 1 is 0.611 bits per heavy atom. The van der Waals surface area contributed by atoms with Crippen molar-refractivity contribution in [2.24, 2.45) is 11.8 Å². The molecule has 522 valence electrons. The molecular weight excluding hydrogens is 1260 g/mol. The standard InChI is InChI=1S/C68H97N9O16S2/c1-40(2)36-89-42(5)55-61(83)74-53(62(84)85)39-95-94-38-52(73-58(80)50(32-43-22-16-15-17-23-43)75-64(87)92-67(9,10)11)60(82)71-49(33-44-27-29-46(30-28-44)90-37-41(3)4)57(79)72-51(34-45-35-77(65(88)93-68(12,13)14)54-26-19-18-24-47(45)54)59(81)70-48(56(78)76-55)25-20-21-31-69-63(86)91-66(6,7)8/h15-19,22-24,26-30,35,40-42,48-53,55H,20-21,25,31-34,36-39H2,1-14H3,(H,69,86)(H,70,81)(H,71,82)(H,72,79)(H,73,80)(H,74,83)(H,75,87)(H,76,78)(H,84,85)/t42-,48+,49+,50-,51-,52+,53+,55+/m1/s1. The molecular formula is C68H97N9O16S2. The smallest absolute Gasteiger partial charge is 0.419 e. The fraction of sp³-hybridized carbons (Fsp3) is 0.559. The molecule has 3 aromatic carbocycles. The van der Waals surface area contributed by atoms with Gasteiger partial charge in [-0.25, -0.2) is 19.2 Å². The van der Waals surface area contributed by atoms with Gasteiger partial charge >= 0.3 is 24.2 Å². The summed E-state index contributed by atoms with van der Waals surface area (Å²) in [5.41, 5.74) is -0.741. The second kappa shape index (κ2) is 36.2. The van der Waals surface area contributed by atoms with E-state index in [2.05, 4.69) is 42.5 Å². The summed E-state index contributed by atoms with van der Waals surface area (Å²) < 4.78 is 30.0. The number of alkyl carbamates (subject to hydrolysis) is 2. The molecule has 0 bridgehead atoms. The number of rotatable bonds is 22. The van der Waals surface area contributed by atoms with Gasteiger partial charge in [-0.1, -0.05) is 110 Å². The summed E-state index contributed by atoms with van der Waals surface area (Å²) in [6.45, 7) is 25.1. The van der Waals surface area contributed by atoms with Crippen LogP contribution in [0.15, 0.2) is 85.1 Å². The summed E-state index contributed by atoms with van der Waals surface area (Å²) in [5.74, 6) is -6.77. The summed E-state index contributed by atoms with van der Waals surface area (Å²) in [7, 11) is 1.90. The number of amides is 8. The van der Waals surface area contributed by atoms with Gasteiger partial charge in [-0.15, -0.1) is 0 Å². The number of carboxylic acid groups (broad SMARTS) is 1. The third kappa shape index (κ3) is 27.3. The number of hydrogen-bond donors (Lipinski definition) is 9. The first kappa shape index (κ1) is 77.7. The first-order chi connectivity index (χ1) is 44.5. The van der Waals surface area contributed by atoms with E-state index in [9.17, 15) is 38.7 Å². The minimum Gasteiger partial charge on any atom is -0.493 e. The highest BCUT2D eigenvalue weighted by Gasteiger charge is 2.38. The number of hydrogen-bond acceptors (Lipinski definition) is 17. The predicted molar refractivity (Wildman–Crippen MR) is 364 cm³/mol. The van der Waals surface area contributed by atoms with Crippen molar-refractivity contribution in [3.05, 3.63) is 102 Å². The van der Waals surface area contributed by atoms with Crippen LogP contribution in [0.2, 0.25) is 0 Å². The number of ether oxygens (including phenoxy) is 5. The van der Waals surface area contributed by atoms with Gasteiger partial charge in [0.2, 0.25) is 35.4 Å². The van der Waals surface area contributed by atoms with Crippen LogP contribution < -0.4 is 47.3 Å². The van der Waals surface area contributed by atoms with Crippen LogP contribution >= 0.6 is 21.6 Å². The molecule has 0 radical (unpaired) electrons. The number of carbonyl (C=O) groups is 10. The molecule has 0 unspecified atom stereocenters. The third-order valence-corrected chi connectivity index (χ3v) is 16.5. The molecule has 27 heteroatoms. The Kier molecular flexibility index (Phi) is 29.6. The molecule has 0 saturated carbocycles. The quantitative estimate of drug-likeness (QED) is 0.0208. The van der Waals surface area contributed by atoms with E-state index in [1.807, 2.05) is 27.7 Å². The number of para-hydroxylation sites is 1. The van der Waals surface area contributed by atoms with E-state index in [-0.39, 0.29) is 75.0 Å². The molecule has 1 fully saturated rings. The van der Waals surface area contributed by atoms with E-state index in [1.54, 1.807) is 141 Å². The van der Waals surface area contributed by atoms with Gasteiger partial charge < -0.3 is 71.3 Å². The van der Waals surface area contributed by atoms with Crippen LogP contribution in [0.25, 0.3) is 10.9 Å². The van der Waals surface area contributed by atoms with Crippen molar-refractivity contribution in [3.63, 3.8) is 0 Å². The Bertz CT molecular complexity index is 3250. The highest BCUT2D eigenvalue weighted by molar-refractivity contribution is 8.76. The van der Waals surface area contributed by atoms with Crippen LogP contribution in [0, 0.1) is 11.8 Å². The van der Waals surface area contributed by atoms with Crippen molar-refractivity contribution >= 4 is 92.2 Å². The van der Waals surface area contributed by atoms with Crippen LogP contribution in [-0.2, 0) is 71.8 Å². The monoisotopic (exact) mass is 1360 g/mol. The Hall–Kier alpha value is -8.04. The van der Waals surface area contributed by atoms with Crippen molar-refractivity contribution < 1.29 is 76.7 Å². The van der Waals surface area contributed by atoms with E-state index in [0.29, 0.717) is 39.9 Å². The van der Waals surface area contributed by atoms with Gasteiger partial charge in [0.25, 0.3) is 0 Å². The average Bonchev–Trinajstić information content (AvgIpc) is 1.65. The highest BCUT2D eigenvalue weighted by Crippen LogP contribution is 2.27. The number of nitrogens with zero attached hydrogens (tertiary/aromatic N) is 1. The molecule has 1 aliphatic heterocycles. The lowest BCUT2D eigenvalue weighted by atomic mass is 10.0. The van der Waals surface area contributed by atoms with Gasteiger partial charge in [-0.3, -0.25) is 33.3 Å². The number of nitrogens with one attached hydrogen (secondary N) is 8. The molecule has 8 amide bonds. The number of carboxylic acids is 1. The minimum atomic E-state index is -1.62. The molecule has 0 aliphatic carbocycles. The zero-order valence-corrected chi connectivity index (χ0v) is 58.6. The Morgan fingerprint density at radius 3 is 1.80 bits per heavy atom. The van der Waals surface area contributed by atoms with Gasteiger partial charge in [0.15, 0.2) is 0 Å². The number of benzene rings is 3. The summed E-state index contributed by atoms with van der Waals surface area (Å²) >= 11 is 0. The van der Waals surface area contributed by atoms with E-state index in [0.717, 1.165) is 21.6 Å². The van der Waals surface area contributed by atoms with E-state index < -0.39 is 125 Å². The number of aromatic nitrogens is 1. The van der Waals surface area contributed by atoms with Crippen LogP contribution in [0.3, 0.4) is 0 Å². The van der Waals surface area contributed by atoms with Crippen LogP contribution in [0.5, 0.6) is 5.75 Å². The lowest BCUT2D eigenvalue weighted by Crippen LogP contribution is -2.62. The zero-order chi connectivity index (χ0) is 70.4. The van der Waals surface area contributed by atoms with Crippen molar-refractivity contribution in [2.45, 2.75) is 201 Å². The first-order valence-electron chi connectivity index (χ1n) is 32.0. The third-order valence-electron chi connectivity index (χ3n) is 14.1. The molecule has 8 atom stereocenters. The maximum absolute atomic E-state index is 15.5. The summed E-state index contributed by atoms with van der Waals surface area (Å²) in [6.07, 6.45) is -2.23. The normalized spacial score (nSPS) is 19.8. The second-order valence-electron chi connectivity index (χ2n) is 27.2. The fourth-order valence-electron chi connectivity index (χ4n) is 9.52.